The molecule has 0 unspecified atom stereocenters. The topological polar surface area (TPSA) is 63.7 Å². The Labute approximate surface area is 209 Å². The fourth-order valence-corrected chi connectivity index (χ4v) is 5.71. The minimum atomic E-state index is -0.693. The summed E-state index contributed by atoms with van der Waals surface area (Å²) in [6, 6.07) is 27.6. The third-order valence-electron chi connectivity index (χ3n) is 7.39. The van der Waals surface area contributed by atoms with E-state index in [1.165, 1.54) is 4.90 Å². The van der Waals surface area contributed by atoms with Gasteiger partial charge in [-0.25, -0.2) is 0 Å². The molecule has 0 radical (unpaired) electrons. The summed E-state index contributed by atoms with van der Waals surface area (Å²) in [6.07, 6.45) is 0.371. The van der Waals surface area contributed by atoms with Crippen LogP contribution in [0.5, 0.6) is 0 Å². The summed E-state index contributed by atoms with van der Waals surface area (Å²) in [5.74, 6) is -1.48. The Morgan fingerprint density at radius 2 is 1.50 bits per heavy atom. The van der Waals surface area contributed by atoms with Gasteiger partial charge < -0.3 is 4.74 Å². The van der Waals surface area contributed by atoms with E-state index in [9.17, 15) is 14.4 Å². The molecule has 0 spiro atoms. The van der Waals surface area contributed by atoms with Crippen LogP contribution in [0.25, 0.3) is 10.8 Å². The number of hydrogen-bond acceptors (Lipinski definition) is 4. The van der Waals surface area contributed by atoms with Gasteiger partial charge in [0.2, 0.25) is 0 Å². The molecule has 1 aliphatic heterocycles. The minimum absolute atomic E-state index is 0.342. The zero-order valence-electron chi connectivity index (χ0n) is 19.9. The van der Waals surface area contributed by atoms with Crippen LogP contribution in [0.3, 0.4) is 0 Å². The lowest BCUT2D eigenvalue weighted by Crippen LogP contribution is -2.46. The number of esters is 1. The number of benzene rings is 4. The van der Waals surface area contributed by atoms with Gasteiger partial charge in [-0.15, -0.1) is 0 Å². The maximum atomic E-state index is 13.8. The van der Waals surface area contributed by atoms with E-state index >= 15 is 0 Å². The van der Waals surface area contributed by atoms with Crippen LogP contribution < -0.4 is 0 Å². The molecule has 1 heterocycles. The third-order valence-corrected chi connectivity index (χ3v) is 7.39. The minimum Gasteiger partial charge on any atom is -0.459 e. The van der Waals surface area contributed by atoms with Crippen LogP contribution in [0.15, 0.2) is 91.0 Å². The lowest BCUT2D eigenvalue weighted by atomic mass is 9.92. The number of hydrogen-bond donors (Lipinski definition) is 0. The highest BCUT2D eigenvalue weighted by Crippen LogP contribution is 2.43. The number of carbonyl (C=O) groups excluding carboxylic acids is 3. The Bertz CT molecular complexity index is 1460. The first kappa shape index (κ1) is 22.2. The van der Waals surface area contributed by atoms with Gasteiger partial charge in [0.1, 0.15) is 12.1 Å². The van der Waals surface area contributed by atoms with Crippen molar-refractivity contribution in [3.63, 3.8) is 0 Å². The quantitative estimate of drug-likeness (QED) is 0.269. The number of imide groups is 1. The van der Waals surface area contributed by atoms with E-state index < -0.39 is 18.1 Å². The van der Waals surface area contributed by atoms with Crippen LogP contribution in [0, 0.1) is 0 Å². The second-order valence-corrected chi connectivity index (χ2v) is 9.38. The molecule has 4 aromatic rings. The van der Waals surface area contributed by atoms with Gasteiger partial charge in [-0.1, -0.05) is 85.8 Å². The molecule has 0 N–H and O–H groups in total. The van der Waals surface area contributed by atoms with Crippen molar-refractivity contribution in [2.75, 3.05) is 0 Å². The fraction of sp³-hybridized carbons (Fsp3) is 0.194. The van der Waals surface area contributed by atoms with E-state index in [1.807, 2.05) is 85.8 Å². The molecule has 0 fully saturated rings. The highest BCUT2D eigenvalue weighted by molar-refractivity contribution is 6.25. The zero-order chi connectivity index (χ0) is 24.8. The first-order valence-corrected chi connectivity index (χ1v) is 12.3. The van der Waals surface area contributed by atoms with Crippen LogP contribution in [0.2, 0.25) is 0 Å². The van der Waals surface area contributed by atoms with Gasteiger partial charge in [-0.05, 0) is 40.6 Å². The van der Waals surface area contributed by atoms with E-state index in [0.29, 0.717) is 29.4 Å². The average molecular weight is 476 g/mol. The van der Waals surface area contributed by atoms with E-state index in [-0.39, 0.29) is 17.8 Å². The molecule has 1 aliphatic carbocycles. The smallest absolute Gasteiger partial charge is 0.313 e. The highest BCUT2D eigenvalue weighted by atomic mass is 16.5. The maximum Gasteiger partial charge on any atom is 0.313 e. The van der Waals surface area contributed by atoms with Crippen LogP contribution in [0.4, 0.5) is 0 Å². The Hall–Kier alpha value is -4.25. The molecule has 0 aromatic heterocycles. The van der Waals surface area contributed by atoms with Crippen molar-refractivity contribution in [1.29, 1.82) is 0 Å². The van der Waals surface area contributed by atoms with E-state index in [1.54, 1.807) is 12.1 Å². The first-order chi connectivity index (χ1) is 17.6. The summed E-state index contributed by atoms with van der Waals surface area (Å²) >= 11 is 0. The molecule has 3 atom stereocenters. The number of carbonyl (C=O) groups is 3. The maximum absolute atomic E-state index is 13.8. The van der Waals surface area contributed by atoms with E-state index in [0.717, 1.165) is 22.1 Å². The predicted octanol–water partition coefficient (Wildman–Crippen LogP) is 5.84. The molecule has 6 rings (SSSR count). The molecule has 0 saturated carbocycles. The molecule has 4 aromatic carbocycles. The Morgan fingerprint density at radius 1 is 0.861 bits per heavy atom. The number of nitrogens with zero attached hydrogens (tertiary/aromatic N) is 1. The molecule has 178 valence electrons. The van der Waals surface area contributed by atoms with Crippen molar-refractivity contribution >= 4 is 28.6 Å². The second-order valence-electron chi connectivity index (χ2n) is 9.38. The summed E-state index contributed by atoms with van der Waals surface area (Å²) in [7, 11) is 0. The van der Waals surface area contributed by atoms with Gasteiger partial charge in [0.15, 0.2) is 0 Å². The third kappa shape index (κ3) is 3.42. The molecule has 0 bridgehead atoms. The summed E-state index contributed by atoms with van der Waals surface area (Å²) in [5.41, 5.74) is 3.70. The molecule has 5 heteroatoms. The molecule has 5 nitrogen and oxygen atoms in total. The van der Waals surface area contributed by atoms with Crippen molar-refractivity contribution in [1.82, 2.24) is 4.90 Å². The van der Waals surface area contributed by atoms with Gasteiger partial charge >= 0.3 is 5.97 Å². The highest BCUT2D eigenvalue weighted by Gasteiger charge is 2.47. The Balaban J connectivity index is 1.40. The van der Waals surface area contributed by atoms with Crippen molar-refractivity contribution < 1.29 is 19.1 Å². The zero-order valence-corrected chi connectivity index (χ0v) is 19.9. The molecule has 0 saturated heterocycles. The summed E-state index contributed by atoms with van der Waals surface area (Å²) in [4.78, 5) is 42.4. The van der Waals surface area contributed by atoms with Crippen molar-refractivity contribution in [2.24, 2.45) is 0 Å². The van der Waals surface area contributed by atoms with Gasteiger partial charge in [0.25, 0.3) is 11.8 Å². The van der Waals surface area contributed by atoms with Crippen molar-refractivity contribution in [3.8, 4) is 0 Å². The van der Waals surface area contributed by atoms with Crippen LogP contribution in [-0.4, -0.2) is 28.8 Å². The molecular formula is C31H25NO4. The second kappa shape index (κ2) is 8.76. The normalized spacial score (nSPS) is 19.3. The number of fused-ring (bicyclic) bond motifs is 1. The molecule has 36 heavy (non-hydrogen) atoms. The SMILES string of the molecule is CC[C@H](C(=O)O[C@H]1Cc2ccccc2[C@H]1N1C(=O)c2cccc3cccc(c23)C1=O)c1ccccc1. The summed E-state index contributed by atoms with van der Waals surface area (Å²) in [5, 5.41) is 1.54. The fourth-order valence-electron chi connectivity index (χ4n) is 5.71. The summed E-state index contributed by atoms with van der Waals surface area (Å²) in [6.45, 7) is 1.95. The summed E-state index contributed by atoms with van der Waals surface area (Å²) < 4.78 is 6.14. The Morgan fingerprint density at radius 3 is 2.17 bits per heavy atom. The molecule has 2 amide bonds. The van der Waals surface area contributed by atoms with E-state index in [2.05, 4.69) is 0 Å². The Kier molecular flexibility index (Phi) is 5.41. The standard InChI is InChI=1S/C31H25NO4/c1-2-22(19-10-4-3-5-11-19)31(35)36-26-18-21-12-6-7-15-23(21)28(26)32-29(33)24-16-8-13-20-14-9-17-25(27(20)24)30(32)34/h3-17,22,26,28H,2,18H2,1H3/t22-,26-,28+/m0/s1. The van der Waals surface area contributed by atoms with Crippen molar-refractivity contribution in [3.05, 3.63) is 119 Å². The first-order valence-electron chi connectivity index (χ1n) is 12.3. The average Bonchev–Trinajstić information content (AvgIpc) is 3.26. The predicted molar refractivity (Wildman–Crippen MR) is 137 cm³/mol. The van der Waals surface area contributed by atoms with Gasteiger partial charge in [0, 0.05) is 22.9 Å². The molecule has 2 aliphatic rings. The number of rotatable bonds is 5. The number of amides is 2. The van der Waals surface area contributed by atoms with Gasteiger partial charge in [0.05, 0.1) is 5.92 Å². The van der Waals surface area contributed by atoms with Crippen LogP contribution in [0.1, 0.15) is 62.7 Å². The van der Waals surface area contributed by atoms with Crippen LogP contribution >= 0.6 is 0 Å². The lowest BCUT2D eigenvalue weighted by Gasteiger charge is -2.35. The van der Waals surface area contributed by atoms with Gasteiger partial charge in [-0.2, -0.15) is 0 Å². The van der Waals surface area contributed by atoms with Crippen LogP contribution in [-0.2, 0) is 16.0 Å². The van der Waals surface area contributed by atoms with Gasteiger partial charge in [-0.3, -0.25) is 19.3 Å². The largest absolute Gasteiger partial charge is 0.459 e. The molecular weight excluding hydrogens is 450 g/mol. The van der Waals surface area contributed by atoms with Crippen molar-refractivity contribution in [2.45, 2.75) is 37.8 Å². The van der Waals surface area contributed by atoms with E-state index in [4.69, 9.17) is 4.74 Å². The lowest BCUT2D eigenvalue weighted by molar-refractivity contribution is -0.153. The monoisotopic (exact) mass is 475 g/mol. The number of ether oxygens (including phenoxy) is 1.